The topological polar surface area (TPSA) is 113 Å². The molecule has 3 N–H and O–H groups in total. The number of nitrogens with one attached hydrogen (secondary N) is 2. The number of sulfonamides is 1. The molecule has 1 amide bonds. The van der Waals surface area contributed by atoms with Crippen LogP contribution in [0.2, 0.25) is 5.02 Å². The van der Waals surface area contributed by atoms with Crippen molar-refractivity contribution >= 4 is 33.5 Å². The van der Waals surface area contributed by atoms with Crippen LogP contribution in [0.5, 0.6) is 0 Å². The Morgan fingerprint density at radius 2 is 2.00 bits per heavy atom. The first kappa shape index (κ1) is 17.4. The summed E-state index contributed by atoms with van der Waals surface area (Å²) in [5, 5.41) is 11.3. The average molecular weight is 335 g/mol. The Balaban J connectivity index is 3.06. The van der Waals surface area contributed by atoms with Gasteiger partial charge in [-0.2, -0.15) is 4.72 Å². The zero-order valence-electron chi connectivity index (χ0n) is 11.4. The molecule has 0 saturated carbocycles. The molecule has 9 heteroatoms. The molecular formula is C12H15ClN2O5S. The van der Waals surface area contributed by atoms with Crippen molar-refractivity contribution in [3.8, 4) is 0 Å². The molecule has 0 heterocycles. The van der Waals surface area contributed by atoms with E-state index in [1.807, 2.05) is 0 Å². The van der Waals surface area contributed by atoms with Crippen molar-refractivity contribution < 1.29 is 23.1 Å². The number of carboxylic acids is 1. The predicted octanol–water partition coefficient (Wildman–Crippen LogP) is 0.841. The Morgan fingerprint density at radius 1 is 1.38 bits per heavy atom. The van der Waals surface area contributed by atoms with Gasteiger partial charge in [0.1, 0.15) is 0 Å². The quantitative estimate of drug-likeness (QED) is 0.713. The zero-order valence-corrected chi connectivity index (χ0v) is 13.0. The standard InChI is InChI=1S/C12H15ClN2O5S/c1-3-14-11(16)7(2)15-21(19,20)8-4-5-10(13)9(6-8)12(17)18/h4-7,15H,3H2,1-2H3,(H,14,16)(H,17,18). The molecule has 0 spiro atoms. The number of carbonyl (C=O) groups is 2. The van der Waals surface area contributed by atoms with E-state index in [2.05, 4.69) is 10.0 Å². The highest BCUT2D eigenvalue weighted by Gasteiger charge is 2.23. The van der Waals surface area contributed by atoms with E-state index in [4.69, 9.17) is 16.7 Å². The number of carbonyl (C=O) groups excluding carboxylic acids is 1. The third-order valence-electron chi connectivity index (χ3n) is 2.55. The number of carboxylic acid groups (broad SMARTS) is 1. The minimum absolute atomic E-state index is 0.0711. The zero-order chi connectivity index (χ0) is 16.2. The molecule has 0 aliphatic carbocycles. The molecule has 1 unspecified atom stereocenters. The second-order valence-corrected chi connectivity index (χ2v) is 6.31. The highest BCUT2D eigenvalue weighted by molar-refractivity contribution is 7.89. The van der Waals surface area contributed by atoms with E-state index in [0.717, 1.165) is 6.07 Å². The van der Waals surface area contributed by atoms with Gasteiger partial charge in [-0.3, -0.25) is 4.79 Å². The van der Waals surface area contributed by atoms with Gasteiger partial charge in [0.15, 0.2) is 0 Å². The van der Waals surface area contributed by atoms with E-state index >= 15 is 0 Å². The lowest BCUT2D eigenvalue weighted by Crippen LogP contribution is -2.44. The Bertz CT molecular complexity index is 660. The van der Waals surface area contributed by atoms with Gasteiger partial charge in [0.2, 0.25) is 15.9 Å². The van der Waals surface area contributed by atoms with Crippen LogP contribution >= 0.6 is 11.6 Å². The van der Waals surface area contributed by atoms with E-state index < -0.39 is 27.9 Å². The lowest BCUT2D eigenvalue weighted by atomic mass is 10.2. The van der Waals surface area contributed by atoms with Gasteiger partial charge in [-0.05, 0) is 32.0 Å². The van der Waals surface area contributed by atoms with Gasteiger partial charge in [-0.15, -0.1) is 0 Å². The summed E-state index contributed by atoms with van der Waals surface area (Å²) < 4.78 is 26.4. The maximum atomic E-state index is 12.1. The Labute approximate surface area is 127 Å². The van der Waals surface area contributed by atoms with Crippen LogP contribution in [-0.2, 0) is 14.8 Å². The number of likely N-dealkylation sites (N-methyl/N-ethyl adjacent to an activating group) is 1. The Hall–Kier alpha value is -1.64. The number of amides is 1. The van der Waals surface area contributed by atoms with Gasteiger partial charge < -0.3 is 10.4 Å². The molecule has 1 atom stereocenters. The summed E-state index contributed by atoms with van der Waals surface area (Å²) in [5.41, 5.74) is -0.329. The number of hydrogen-bond acceptors (Lipinski definition) is 4. The van der Waals surface area contributed by atoms with Gasteiger partial charge in [0.05, 0.1) is 21.5 Å². The maximum absolute atomic E-state index is 12.1. The smallest absolute Gasteiger partial charge is 0.337 e. The molecule has 0 aliphatic rings. The van der Waals surface area contributed by atoms with E-state index in [-0.39, 0.29) is 15.5 Å². The Kier molecular flexibility index (Phi) is 5.70. The van der Waals surface area contributed by atoms with Crippen molar-refractivity contribution in [2.75, 3.05) is 6.54 Å². The van der Waals surface area contributed by atoms with E-state index in [0.29, 0.717) is 6.54 Å². The molecule has 0 saturated heterocycles. The molecule has 21 heavy (non-hydrogen) atoms. The van der Waals surface area contributed by atoms with E-state index in [1.54, 1.807) is 6.92 Å². The molecular weight excluding hydrogens is 320 g/mol. The molecule has 1 aromatic carbocycles. The SMILES string of the molecule is CCNC(=O)C(C)NS(=O)(=O)c1ccc(Cl)c(C(=O)O)c1. The molecule has 0 aliphatic heterocycles. The van der Waals surface area contributed by atoms with E-state index in [9.17, 15) is 18.0 Å². The normalized spacial score (nSPS) is 12.7. The average Bonchev–Trinajstić information content (AvgIpc) is 2.38. The largest absolute Gasteiger partial charge is 0.478 e. The molecule has 0 bridgehead atoms. The number of benzene rings is 1. The molecule has 1 aromatic rings. The van der Waals surface area contributed by atoms with Gasteiger partial charge >= 0.3 is 5.97 Å². The minimum atomic E-state index is -4.03. The summed E-state index contributed by atoms with van der Waals surface area (Å²) >= 11 is 5.68. The summed E-state index contributed by atoms with van der Waals surface area (Å²) in [7, 11) is -4.03. The second kappa shape index (κ2) is 6.88. The van der Waals surface area contributed by atoms with Crippen molar-refractivity contribution in [2.45, 2.75) is 24.8 Å². The van der Waals surface area contributed by atoms with Crippen LogP contribution in [-0.4, -0.2) is 38.0 Å². The second-order valence-electron chi connectivity index (χ2n) is 4.18. The Morgan fingerprint density at radius 3 is 2.52 bits per heavy atom. The van der Waals surface area contributed by atoms with Crippen LogP contribution in [0.15, 0.2) is 23.1 Å². The van der Waals surface area contributed by atoms with Gasteiger partial charge in [-0.1, -0.05) is 11.6 Å². The molecule has 1 rings (SSSR count). The van der Waals surface area contributed by atoms with Gasteiger partial charge in [0.25, 0.3) is 0 Å². The monoisotopic (exact) mass is 334 g/mol. The van der Waals surface area contributed by atoms with Crippen molar-refractivity contribution in [2.24, 2.45) is 0 Å². The number of halogens is 1. The molecule has 7 nitrogen and oxygen atoms in total. The maximum Gasteiger partial charge on any atom is 0.337 e. The van der Waals surface area contributed by atoms with Crippen LogP contribution in [0.3, 0.4) is 0 Å². The van der Waals surface area contributed by atoms with Crippen LogP contribution in [0.1, 0.15) is 24.2 Å². The van der Waals surface area contributed by atoms with Gasteiger partial charge in [0, 0.05) is 6.54 Å². The fraction of sp³-hybridized carbons (Fsp3) is 0.333. The number of rotatable bonds is 6. The van der Waals surface area contributed by atoms with Crippen LogP contribution in [0.25, 0.3) is 0 Å². The fourth-order valence-electron chi connectivity index (χ4n) is 1.52. The number of hydrogen-bond donors (Lipinski definition) is 3. The predicted molar refractivity (Wildman–Crippen MR) is 76.9 cm³/mol. The van der Waals surface area contributed by atoms with Crippen LogP contribution < -0.4 is 10.0 Å². The van der Waals surface area contributed by atoms with Crippen molar-refractivity contribution in [1.82, 2.24) is 10.0 Å². The summed E-state index contributed by atoms with van der Waals surface area (Å²) in [5.74, 6) is -1.82. The van der Waals surface area contributed by atoms with Crippen LogP contribution in [0, 0.1) is 0 Å². The summed E-state index contributed by atoms with van der Waals surface area (Å²) in [6.45, 7) is 3.46. The first-order chi connectivity index (χ1) is 9.69. The summed E-state index contributed by atoms with van der Waals surface area (Å²) in [6.07, 6.45) is 0. The number of aromatic carboxylic acids is 1. The highest BCUT2D eigenvalue weighted by atomic mass is 35.5. The first-order valence-electron chi connectivity index (χ1n) is 6.02. The van der Waals surface area contributed by atoms with Gasteiger partial charge in [-0.25, -0.2) is 13.2 Å². The third kappa shape index (κ3) is 4.42. The lowest BCUT2D eigenvalue weighted by Gasteiger charge is -2.14. The van der Waals surface area contributed by atoms with Crippen molar-refractivity contribution in [3.05, 3.63) is 28.8 Å². The third-order valence-corrected chi connectivity index (χ3v) is 4.42. The fourth-order valence-corrected chi connectivity index (χ4v) is 2.94. The first-order valence-corrected chi connectivity index (χ1v) is 7.88. The van der Waals surface area contributed by atoms with Crippen molar-refractivity contribution in [3.63, 3.8) is 0 Å². The lowest BCUT2D eigenvalue weighted by molar-refractivity contribution is -0.122. The van der Waals surface area contributed by atoms with Crippen LogP contribution in [0.4, 0.5) is 0 Å². The molecule has 0 aromatic heterocycles. The minimum Gasteiger partial charge on any atom is -0.478 e. The molecule has 0 radical (unpaired) electrons. The molecule has 116 valence electrons. The summed E-state index contributed by atoms with van der Waals surface area (Å²) in [4.78, 5) is 22.2. The molecule has 0 fully saturated rings. The summed E-state index contributed by atoms with van der Waals surface area (Å²) in [6, 6.07) is 2.30. The van der Waals surface area contributed by atoms with Crippen molar-refractivity contribution in [1.29, 1.82) is 0 Å². The highest BCUT2D eigenvalue weighted by Crippen LogP contribution is 2.20. The van der Waals surface area contributed by atoms with E-state index in [1.165, 1.54) is 19.1 Å².